The van der Waals surface area contributed by atoms with Gasteiger partial charge in [0.25, 0.3) is 0 Å². The monoisotopic (exact) mass is 266 g/mol. The lowest BCUT2D eigenvalue weighted by Crippen LogP contribution is -2.25. The Labute approximate surface area is 108 Å². The number of hydrogen-bond donors (Lipinski definition) is 1. The topological polar surface area (TPSA) is 72.9 Å². The number of aromatic nitrogens is 4. The van der Waals surface area contributed by atoms with Crippen molar-refractivity contribution in [3.63, 3.8) is 0 Å². The van der Waals surface area contributed by atoms with Crippen LogP contribution in [0.1, 0.15) is 28.6 Å². The lowest BCUT2D eigenvalue weighted by atomic mass is 10.0. The highest BCUT2D eigenvalue weighted by atomic mass is 35.5. The van der Waals surface area contributed by atoms with Crippen LogP contribution in [0, 0.1) is 0 Å². The molecule has 2 aromatic rings. The second kappa shape index (κ2) is 4.13. The first-order valence-corrected chi connectivity index (χ1v) is 6.01. The molecule has 0 aromatic carbocycles. The van der Waals surface area contributed by atoms with Crippen LogP contribution in [0.25, 0.3) is 0 Å². The standard InChI is InChI=1S/C11H11ClN4O2/c12-9-6-14-16(10(9)11(17)18)8-2-4-15-7(5-8)1-3-13-15/h1,3,6,8H,2,4-5H2,(H,17,18). The van der Waals surface area contributed by atoms with Crippen molar-refractivity contribution in [1.29, 1.82) is 0 Å². The van der Waals surface area contributed by atoms with Gasteiger partial charge in [-0.1, -0.05) is 11.6 Å². The lowest BCUT2D eigenvalue weighted by molar-refractivity contribution is 0.0678. The first-order valence-electron chi connectivity index (χ1n) is 5.64. The van der Waals surface area contributed by atoms with Crippen LogP contribution in [-0.2, 0) is 13.0 Å². The number of halogens is 1. The average molecular weight is 267 g/mol. The molecule has 3 rings (SSSR count). The van der Waals surface area contributed by atoms with Crippen LogP contribution < -0.4 is 0 Å². The fourth-order valence-corrected chi connectivity index (χ4v) is 2.59. The number of hydrogen-bond acceptors (Lipinski definition) is 3. The molecule has 7 heteroatoms. The van der Waals surface area contributed by atoms with Gasteiger partial charge in [-0.3, -0.25) is 9.36 Å². The number of aromatic carboxylic acids is 1. The van der Waals surface area contributed by atoms with Gasteiger partial charge in [0.2, 0.25) is 0 Å². The second-order valence-electron chi connectivity index (χ2n) is 4.28. The Hall–Kier alpha value is -1.82. The summed E-state index contributed by atoms with van der Waals surface area (Å²) < 4.78 is 3.45. The summed E-state index contributed by atoms with van der Waals surface area (Å²) in [4.78, 5) is 11.2. The average Bonchev–Trinajstić information content (AvgIpc) is 2.93. The Morgan fingerprint density at radius 2 is 2.33 bits per heavy atom. The van der Waals surface area contributed by atoms with Gasteiger partial charge >= 0.3 is 5.97 Å². The fraction of sp³-hybridized carbons (Fsp3) is 0.364. The van der Waals surface area contributed by atoms with E-state index < -0.39 is 5.97 Å². The van der Waals surface area contributed by atoms with Crippen LogP contribution in [0.5, 0.6) is 0 Å². The zero-order valence-corrected chi connectivity index (χ0v) is 10.2. The maximum absolute atomic E-state index is 11.2. The molecule has 1 N–H and O–H groups in total. The van der Waals surface area contributed by atoms with Crippen molar-refractivity contribution in [2.45, 2.75) is 25.4 Å². The molecular weight excluding hydrogens is 256 g/mol. The van der Waals surface area contributed by atoms with Gasteiger partial charge in [0.1, 0.15) is 0 Å². The molecule has 0 bridgehead atoms. The molecule has 1 aliphatic heterocycles. The SMILES string of the molecule is O=C(O)c1c(Cl)cnn1C1CCn2nccc2C1. The van der Waals surface area contributed by atoms with E-state index in [9.17, 15) is 4.79 Å². The van der Waals surface area contributed by atoms with Gasteiger partial charge < -0.3 is 5.11 Å². The molecule has 0 fully saturated rings. The smallest absolute Gasteiger partial charge is 0.355 e. The third kappa shape index (κ3) is 1.69. The molecule has 0 saturated carbocycles. The van der Waals surface area contributed by atoms with Crippen LogP contribution >= 0.6 is 11.6 Å². The Morgan fingerprint density at radius 1 is 1.50 bits per heavy atom. The first kappa shape index (κ1) is 11.3. The summed E-state index contributed by atoms with van der Waals surface area (Å²) in [6, 6.07) is 1.96. The van der Waals surface area contributed by atoms with Crippen LogP contribution in [0.4, 0.5) is 0 Å². The lowest BCUT2D eigenvalue weighted by Gasteiger charge is -2.24. The van der Waals surface area contributed by atoms with Gasteiger partial charge in [-0.25, -0.2) is 4.79 Å². The minimum Gasteiger partial charge on any atom is -0.476 e. The molecule has 1 unspecified atom stereocenters. The number of rotatable bonds is 2. The highest BCUT2D eigenvalue weighted by Gasteiger charge is 2.26. The predicted molar refractivity (Wildman–Crippen MR) is 63.8 cm³/mol. The predicted octanol–water partition coefficient (Wildman–Crippen LogP) is 1.62. The maximum Gasteiger partial charge on any atom is 0.355 e. The normalized spacial score (nSPS) is 18.6. The van der Waals surface area contributed by atoms with Gasteiger partial charge in [-0.05, 0) is 12.5 Å². The summed E-state index contributed by atoms with van der Waals surface area (Å²) in [5.41, 5.74) is 1.16. The van der Waals surface area contributed by atoms with Crippen molar-refractivity contribution in [1.82, 2.24) is 19.6 Å². The number of carbonyl (C=O) groups is 1. The van der Waals surface area contributed by atoms with Crippen molar-refractivity contribution in [2.75, 3.05) is 0 Å². The molecule has 0 amide bonds. The van der Waals surface area contributed by atoms with E-state index in [2.05, 4.69) is 10.2 Å². The maximum atomic E-state index is 11.2. The first-order chi connectivity index (χ1) is 8.66. The fourth-order valence-electron chi connectivity index (χ4n) is 2.38. The molecule has 94 valence electrons. The van der Waals surface area contributed by atoms with Crippen LogP contribution in [0.15, 0.2) is 18.5 Å². The Balaban J connectivity index is 1.96. The molecule has 0 aliphatic carbocycles. The summed E-state index contributed by atoms with van der Waals surface area (Å²) in [6.45, 7) is 0.767. The Morgan fingerprint density at radius 3 is 3.11 bits per heavy atom. The summed E-state index contributed by atoms with van der Waals surface area (Å²) >= 11 is 5.86. The van der Waals surface area contributed by atoms with Crippen molar-refractivity contribution >= 4 is 17.6 Å². The molecule has 0 saturated heterocycles. The molecule has 3 heterocycles. The van der Waals surface area contributed by atoms with Crippen LogP contribution in [0.3, 0.4) is 0 Å². The highest BCUT2D eigenvalue weighted by Crippen LogP contribution is 2.27. The number of aryl methyl sites for hydroxylation is 1. The Bertz CT molecular complexity index is 604. The molecule has 0 radical (unpaired) electrons. The second-order valence-corrected chi connectivity index (χ2v) is 4.69. The largest absolute Gasteiger partial charge is 0.476 e. The molecule has 18 heavy (non-hydrogen) atoms. The number of fused-ring (bicyclic) bond motifs is 1. The number of carboxylic acids is 1. The summed E-state index contributed by atoms with van der Waals surface area (Å²) in [5, 5.41) is 17.6. The minimum atomic E-state index is -1.04. The van der Waals surface area contributed by atoms with E-state index in [1.165, 1.54) is 10.9 Å². The Kier molecular flexibility index (Phi) is 2.59. The summed E-state index contributed by atoms with van der Waals surface area (Å²) in [6.07, 6.45) is 4.66. The summed E-state index contributed by atoms with van der Waals surface area (Å²) in [5.74, 6) is -1.04. The van der Waals surface area contributed by atoms with Crippen LogP contribution in [-0.4, -0.2) is 30.6 Å². The number of nitrogens with zero attached hydrogens (tertiary/aromatic N) is 4. The van der Waals surface area contributed by atoms with Gasteiger partial charge in [-0.15, -0.1) is 0 Å². The van der Waals surface area contributed by atoms with Gasteiger partial charge in [-0.2, -0.15) is 10.2 Å². The van der Waals surface area contributed by atoms with E-state index in [-0.39, 0.29) is 16.8 Å². The summed E-state index contributed by atoms with van der Waals surface area (Å²) in [7, 11) is 0. The van der Waals surface area contributed by atoms with E-state index >= 15 is 0 Å². The molecular formula is C11H11ClN4O2. The van der Waals surface area contributed by atoms with E-state index in [1.807, 2.05) is 10.7 Å². The third-order valence-electron chi connectivity index (χ3n) is 3.22. The van der Waals surface area contributed by atoms with E-state index in [1.54, 1.807) is 6.20 Å². The van der Waals surface area contributed by atoms with Gasteiger partial charge in [0.15, 0.2) is 5.69 Å². The third-order valence-corrected chi connectivity index (χ3v) is 3.50. The molecule has 0 spiro atoms. The van der Waals surface area contributed by atoms with Gasteiger partial charge in [0, 0.05) is 24.9 Å². The minimum absolute atomic E-state index is 0.0211. The molecule has 1 atom stereocenters. The number of carboxylic acid groups (broad SMARTS) is 1. The van der Waals surface area contributed by atoms with E-state index in [0.29, 0.717) is 0 Å². The van der Waals surface area contributed by atoms with Gasteiger partial charge in [0.05, 0.1) is 17.3 Å². The highest BCUT2D eigenvalue weighted by molar-refractivity contribution is 6.33. The van der Waals surface area contributed by atoms with Crippen molar-refractivity contribution in [3.05, 3.63) is 34.9 Å². The molecule has 1 aliphatic rings. The zero-order chi connectivity index (χ0) is 12.7. The zero-order valence-electron chi connectivity index (χ0n) is 9.45. The van der Waals surface area contributed by atoms with E-state index in [0.717, 1.165) is 25.1 Å². The van der Waals surface area contributed by atoms with Crippen LogP contribution in [0.2, 0.25) is 5.02 Å². The van der Waals surface area contributed by atoms with E-state index in [4.69, 9.17) is 16.7 Å². The quantitative estimate of drug-likeness (QED) is 0.896. The molecule has 2 aromatic heterocycles. The van der Waals surface area contributed by atoms with Crippen molar-refractivity contribution in [2.24, 2.45) is 0 Å². The van der Waals surface area contributed by atoms with Crippen molar-refractivity contribution < 1.29 is 9.90 Å². The van der Waals surface area contributed by atoms with Crippen molar-refractivity contribution in [3.8, 4) is 0 Å². The molecule has 6 nitrogen and oxygen atoms in total.